The average molecular weight is 182 g/mol. The summed E-state index contributed by atoms with van der Waals surface area (Å²) in [7, 11) is 0. The summed E-state index contributed by atoms with van der Waals surface area (Å²) in [5.41, 5.74) is 0.648. The highest BCUT2D eigenvalue weighted by atomic mass is 16.3. The minimum absolute atomic E-state index is 0.0236. The third-order valence-corrected chi connectivity index (χ3v) is 2.48. The van der Waals surface area contributed by atoms with Gasteiger partial charge in [-0.3, -0.25) is 4.90 Å². The van der Waals surface area contributed by atoms with Crippen molar-refractivity contribution in [1.82, 2.24) is 19.9 Å². The van der Waals surface area contributed by atoms with E-state index >= 15 is 0 Å². The average Bonchev–Trinajstić information content (AvgIpc) is 2.51. The van der Waals surface area contributed by atoms with Crippen molar-refractivity contribution >= 4 is 0 Å². The van der Waals surface area contributed by atoms with Crippen molar-refractivity contribution in [3.05, 3.63) is 11.9 Å². The number of nitrogens with zero attached hydrogens (tertiary/aromatic N) is 4. The minimum Gasteiger partial charge on any atom is -0.390 e. The van der Waals surface area contributed by atoms with Crippen LogP contribution < -0.4 is 0 Å². The molecule has 1 aromatic rings. The second-order valence-corrected chi connectivity index (χ2v) is 3.35. The standard InChI is InChI=1S/C8H14N4O/c1-2-11-4-8(5-11)12-3-7(6-13)9-10-12/h3,8,13H,2,4-6H2,1H3. The van der Waals surface area contributed by atoms with E-state index in [4.69, 9.17) is 5.11 Å². The maximum absolute atomic E-state index is 8.80. The molecule has 5 nitrogen and oxygen atoms in total. The van der Waals surface area contributed by atoms with Crippen molar-refractivity contribution in [1.29, 1.82) is 0 Å². The Morgan fingerprint density at radius 2 is 2.38 bits per heavy atom. The van der Waals surface area contributed by atoms with Crippen LogP contribution >= 0.6 is 0 Å². The maximum Gasteiger partial charge on any atom is 0.108 e. The smallest absolute Gasteiger partial charge is 0.108 e. The van der Waals surface area contributed by atoms with Crippen LogP contribution in [0.5, 0.6) is 0 Å². The van der Waals surface area contributed by atoms with Crippen LogP contribution in [-0.4, -0.2) is 44.6 Å². The monoisotopic (exact) mass is 182 g/mol. The van der Waals surface area contributed by atoms with Gasteiger partial charge in [-0.1, -0.05) is 12.1 Å². The molecule has 0 amide bonds. The van der Waals surface area contributed by atoms with Gasteiger partial charge in [0.15, 0.2) is 0 Å². The van der Waals surface area contributed by atoms with Gasteiger partial charge in [-0.25, -0.2) is 4.68 Å². The van der Waals surface area contributed by atoms with Gasteiger partial charge in [0.1, 0.15) is 5.69 Å². The largest absolute Gasteiger partial charge is 0.390 e. The van der Waals surface area contributed by atoms with Crippen molar-refractivity contribution in [3.8, 4) is 0 Å². The van der Waals surface area contributed by atoms with Gasteiger partial charge in [0, 0.05) is 13.1 Å². The van der Waals surface area contributed by atoms with E-state index in [0.717, 1.165) is 19.6 Å². The van der Waals surface area contributed by atoms with Gasteiger partial charge in [0.05, 0.1) is 18.8 Å². The molecule has 1 aliphatic rings. The first-order valence-corrected chi connectivity index (χ1v) is 4.57. The van der Waals surface area contributed by atoms with E-state index in [-0.39, 0.29) is 6.61 Å². The summed E-state index contributed by atoms with van der Waals surface area (Å²) in [6.45, 7) is 5.31. The van der Waals surface area contributed by atoms with E-state index in [1.165, 1.54) is 0 Å². The topological polar surface area (TPSA) is 54.2 Å². The molecule has 0 unspecified atom stereocenters. The molecule has 1 fully saturated rings. The molecule has 1 aromatic heterocycles. The number of likely N-dealkylation sites (tertiary alicyclic amines) is 1. The third kappa shape index (κ3) is 1.57. The molecular formula is C8H14N4O. The molecule has 72 valence electrons. The minimum atomic E-state index is -0.0236. The van der Waals surface area contributed by atoms with Gasteiger partial charge in [0.25, 0.3) is 0 Å². The predicted molar refractivity (Wildman–Crippen MR) is 47.1 cm³/mol. The summed E-state index contributed by atoms with van der Waals surface area (Å²) in [5, 5.41) is 16.6. The zero-order valence-electron chi connectivity index (χ0n) is 7.72. The van der Waals surface area contributed by atoms with Crippen LogP contribution in [0, 0.1) is 0 Å². The predicted octanol–water partition coefficient (Wildman–Crippen LogP) is -0.353. The molecule has 1 N–H and O–H groups in total. The molecule has 1 saturated heterocycles. The summed E-state index contributed by atoms with van der Waals surface area (Å²) >= 11 is 0. The Hall–Kier alpha value is -0.940. The fraction of sp³-hybridized carbons (Fsp3) is 0.750. The zero-order chi connectivity index (χ0) is 9.26. The number of likely N-dealkylation sites (N-methyl/N-ethyl adjacent to an activating group) is 1. The van der Waals surface area contributed by atoms with Crippen LogP contribution in [0.3, 0.4) is 0 Å². The quantitative estimate of drug-likeness (QED) is 0.694. The van der Waals surface area contributed by atoms with Gasteiger partial charge in [0.2, 0.25) is 0 Å². The SMILES string of the molecule is CCN1CC(n2cc(CO)nn2)C1. The molecule has 5 heteroatoms. The summed E-state index contributed by atoms with van der Waals surface area (Å²) in [4.78, 5) is 2.34. The third-order valence-electron chi connectivity index (χ3n) is 2.48. The summed E-state index contributed by atoms with van der Waals surface area (Å²) in [6, 6.07) is 0.452. The zero-order valence-corrected chi connectivity index (χ0v) is 7.72. The first-order valence-electron chi connectivity index (χ1n) is 4.57. The Bertz CT molecular complexity index is 279. The summed E-state index contributed by atoms with van der Waals surface area (Å²) in [5.74, 6) is 0. The lowest BCUT2D eigenvalue weighted by atomic mass is 10.1. The Morgan fingerprint density at radius 3 is 2.92 bits per heavy atom. The Labute approximate surface area is 77.0 Å². The van der Waals surface area contributed by atoms with Gasteiger partial charge in [-0.2, -0.15) is 0 Å². The second kappa shape index (κ2) is 3.43. The number of rotatable bonds is 3. The molecule has 0 saturated carbocycles. The highest BCUT2D eigenvalue weighted by molar-refractivity contribution is 4.94. The highest BCUT2D eigenvalue weighted by Crippen LogP contribution is 2.19. The number of hydrogen-bond donors (Lipinski definition) is 1. The molecule has 0 aliphatic carbocycles. The summed E-state index contributed by atoms with van der Waals surface area (Å²) < 4.78 is 1.84. The lowest BCUT2D eigenvalue weighted by Crippen LogP contribution is -2.47. The number of aliphatic hydroxyl groups is 1. The van der Waals surface area contributed by atoms with Crippen molar-refractivity contribution in [2.75, 3.05) is 19.6 Å². The van der Waals surface area contributed by atoms with E-state index in [2.05, 4.69) is 22.1 Å². The van der Waals surface area contributed by atoms with Crippen LogP contribution in [0.2, 0.25) is 0 Å². The van der Waals surface area contributed by atoms with Gasteiger partial charge < -0.3 is 5.11 Å². The number of aliphatic hydroxyl groups excluding tert-OH is 1. The van der Waals surface area contributed by atoms with Gasteiger partial charge in [-0.15, -0.1) is 5.10 Å². The van der Waals surface area contributed by atoms with E-state index in [9.17, 15) is 0 Å². The lowest BCUT2D eigenvalue weighted by Gasteiger charge is -2.37. The molecule has 0 bridgehead atoms. The van der Waals surface area contributed by atoms with Crippen molar-refractivity contribution in [3.63, 3.8) is 0 Å². The van der Waals surface area contributed by atoms with Gasteiger partial charge in [-0.05, 0) is 6.54 Å². The second-order valence-electron chi connectivity index (χ2n) is 3.35. The molecule has 2 rings (SSSR count). The van der Waals surface area contributed by atoms with Crippen molar-refractivity contribution < 1.29 is 5.11 Å². The molecule has 0 radical (unpaired) electrons. The molecular weight excluding hydrogens is 168 g/mol. The normalized spacial score (nSPS) is 18.9. The van der Waals surface area contributed by atoms with E-state index in [0.29, 0.717) is 11.7 Å². The molecule has 1 aliphatic heterocycles. The first-order chi connectivity index (χ1) is 6.33. The van der Waals surface area contributed by atoms with Crippen LogP contribution in [-0.2, 0) is 6.61 Å². The fourth-order valence-corrected chi connectivity index (χ4v) is 1.53. The van der Waals surface area contributed by atoms with E-state index < -0.39 is 0 Å². The Balaban J connectivity index is 1.95. The molecule has 13 heavy (non-hydrogen) atoms. The van der Waals surface area contributed by atoms with Crippen LogP contribution in [0.15, 0.2) is 6.20 Å². The molecule has 0 atom stereocenters. The Kier molecular flexibility index (Phi) is 2.28. The number of aromatic nitrogens is 3. The molecule has 0 spiro atoms. The van der Waals surface area contributed by atoms with Crippen molar-refractivity contribution in [2.24, 2.45) is 0 Å². The Morgan fingerprint density at radius 1 is 1.62 bits per heavy atom. The summed E-state index contributed by atoms with van der Waals surface area (Å²) in [6.07, 6.45) is 1.82. The van der Waals surface area contributed by atoms with Crippen LogP contribution in [0.4, 0.5) is 0 Å². The van der Waals surface area contributed by atoms with Crippen LogP contribution in [0.1, 0.15) is 18.7 Å². The van der Waals surface area contributed by atoms with Gasteiger partial charge >= 0.3 is 0 Å². The highest BCUT2D eigenvalue weighted by Gasteiger charge is 2.27. The van der Waals surface area contributed by atoms with Crippen LogP contribution in [0.25, 0.3) is 0 Å². The number of hydrogen-bond acceptors (Lipinski definition) is 4. The van der Waals surface area contributed by atoms with E-state index in [1.807, 2.05) is 10.9 Å². The fourth-order valence-electron chi connectivity index (χ4n) is 1.53. The lowest BCUT2D eigenvalue weighted by molar-refractivity contribution is 0.104. The molecule has 2 heterocycles. The maximum atomic E-state index is 8.80. The first kappa shape index (κ1) is 8.65. The van der Waals surface area contributed by atoms with E-state index in [1.54, 1.807) is 0 Å². The molecule has 0 aromatic carbocycles. The van der Waals surface area contributed by atoms with Crippen molar-refractivity contribution in [2.45, 2.75) is 19.6 Å².